The van der Waals surface area contributed by atoms with E-state index in [1.807, 2.05) is 0 Å². The Morgan fingerprint density at radius 2 is 1.79 bits per heavy atom. The van der Waals surface area contributed by atoms with Crippen LogP contribution in [0, 0.1) is 0 Å². The van der Waals surface area contributed by atoms with E-state index in [0.29, 0.717) is 55.8 Å². The van der Waals surface area contributed by atoms with Crippen LogP contribution in [0.3, 0.4) is 0 Å². The minimum absolute atomic E-state index is 0.0204. The molecule has 1 aliphatic heterocycles. The van der Waals surface area contributed by atoms with Crippen LogP contribution in [0.5, 0.6) is 17.2 Å². The van der Waals surface area contributed by atoms with Gasteiger partial charge in [0.15, 0.2) is 17.3 Å². The molecule has 0 unspecified atom stereocenters. The van der Waals surface area contributed by atoms with Crippen LogP contribution in [0.1, 0.15) is 15.9 Å². The molecular formula is C17H10Br2O5. The predicted octanol–water partition coefficient (Wildman–Crippen LogP) is 4.67. The van der Waals surface area contributed by atoms with E-state index in [0.717, 1.165) is 0 Å². The monoisotopic (exact) mass is 452 g/mol. The van der Waals surface area contributed by atoms with Gasteiger partial charge in [-0.1, -0.05) is 0 Å². The summed E-state index contributed by atoms with van der Waals surface area (Å²) in [5.41, 5.74) is 1.31. The van der Waals surface area contributed by atoms with E-state index < -0.39 is 0 Å². The van der Waals surface area contributed by atoms with Crippen LogP contribution in [-0.4, -0.2) is 24.1 Å². The summed E-state index contributed by atoms with van der Waals surface area (Å²) in [6.07, 6.45) is 1.39. The first-order valence-electron chi connectivity index (χ1n) is 7.09. The minimum atomic E-state index is -0.223. The molecule has 2 heterocycles. The number of halogens is 2. The van der Waals surface area contributed by atoms with Crippen LogP contribution in [0.4, 0.5) is 0 Å². The van der Waals surface area contributed by atoms with Crippen LogP contribution in [0.15, 0.2) is 43.9 Å². The lowest BCUT2D eigenvalue weighted by Gasteiger charge is -2.18. The van der Waals surface area contributed by atoms with Crippen molar-refractivity contribution >= 4 is 48.6 Å². The van der Waals surface area contributed by atoms with E-state index in [1.54, 1.807) is 18.2 Å². The Hall–Kier alpha value is -1.99. The first-order valence-corrected chi connectivity index (χ1v) is 8.67. The van der Waals surface area contributed by atoms with Gasteiger partial charge in [-0.15, -0.1) is 0 Å². The summed E-state index contributed by atoms with van der Waals surface area (Å²) >= 11 is 6.61. The highest BCUT2D eigenvalue weighted by Crippen LogP contribution is 2.41. The molecule has 0 atom stereocenters. The summed E-state index contributed by atoms with van der Waals surface area (Å²) in [5, 5.41) is 10.5. The van der Waals surface area contributed by atoms with Crippen molar-refractivity contribution in [1.29, 1.82) is 0 Å². The summed E-state index contributed by atoms with van der Waals surface area (Å²) in [6.45, 7) is 0.947. The summed E-state index contributed by atoms with van der Waals surface area (Å²) in [4.78, 5) is 12.8. The molecule has 5 nitrogen and oxygen atoms in total. The molecule has 7 heteroatoms. The van der Waals surface area contributed by atoms with Gasteiger partial charge in [0.2, 0.25) is 0 Å². The molecule has 1 aromatic heterocycles. The number of carbonyl (C=O) groups is 1. The molecule has 3 aromatic rings. The second-order valence-corrected chi connectivity index (χ2v) is 6.82. The number of carbonyl (C=O) groups excluding carboxylic acids is 1. The van der Waals surface area contributed by atoms with Crippen molar-refractivity contribution in [2.45, 2.75) is 0 Å². The average molecular weight is 454 g/mol. The van der Waals surface area contributed by atoms with Crippen LogP contribution >= 0.6 is 31.9 Å². The van der Waals surface area contributed by atoms with Crippen molar-refractivity contribution in [2.24, 2.45) is 0 Å². The summed E-state index contributed by atoms with van der Waals surface area (Å²) in [7, 11) is 0. The van der Waals surface area contributed by atoms with E-state index in [2.05, 4.69) is 31.9 Å². The predicted molar refractivity (Wildman–Crippen MR) is 94.1 cm³/mol. The number of furan rings is 1. The van der Waals surface area contributed by atoms with Crippen LogP contribution in [-0.2, 0) is 0 Å². The highest BCUT2D eigenvalue weighted by atomic mass is 79.9. The fraction of sp³-hybridized carbons (Fsp3) is 0.118. The van der Waals surface area contributed by atoms with Crippen LogP contribution < -0.4 is 9.47 Å². The third-order valence-corrected chi connectivity index (χ3v) is 5.87. The van der Waals surface area contributed by atoms with Gasteiger partial charge in [0.25, 0.3) is 0 Å². The van der Waals surface area contributed by atoms with Crippen molar-refractivity contribution in [3.05, 3.63) is 50.6 Å². The number of fused-ring (bicyclic) bond motifs is 2. The van der Waals surface area contributed by atoms with Gasteiger partial charge >= 0.3 is 0 Å². The molecule has 0 saturated heterocycles. The van der Waals surface area contributed by atoms with Crippen molar-refractivity contribution in [3.8, 4) is 17.2 Å². The van der Waals surface area contributed by atoms with Crippen molar-refractivity contribution in [1.82, 2.24) is 0 Å². The van der Waals surface area contributed by atoms with Gasteiger partial charge < -0.3 is 19.0 Å². The first kappa shape index (κ1) is 15.5. The Labute approximate surface area is 153 Å². The topological polar surface area (TPSA) is 68.9 Å². The number of hydrogen-bond donors (Lipinski definition) is 1. The van der Waals surface area contributed by atoms with Crippen molar-refractivity contribution in [3.63, 3.8) is 0 Å². The standard InChI is InChI=1S/C17H10Br2O5/c18-14-11(20)6-9-10(7-24-17(9)15(14)19)16(21)8-1-2-12-13(5-8)23-4-3-22-12/h1-2,5-7,20H,3-4H2. The third-order valence-electron chi connectivity index (χ3n) is 3.78. The molecule has 0 aliphatic carbocycles. The van der Waals surface area contributed by atoms with Crippen molar-refractivity contribution in [2.75, 3.05) is 13.2 Å². The number of aromatic hydroxyl groups is 1. The second kappa shape index (κ2) is 5.82. The van der Waals surface area contributed by atoms with E-state index in [9.17, 15) is 9.90 Å². The maximum absolute atomic E-state index is 12.8. The maximum Gasteiger partial charge on any atom is 0.197 e. The molecule has 0 radical (unpaired) electrons. The second-order valence-electron chi connectivity index (χ2n) is 5.24. The lowest BCUT2D eigenvalue weighted by atomic mass is 10.0. The minimum Gasteiger partial charge on any atom is -0.507 e. The fourth-order valence-electron chi connectivity index (χ4n) is 2.61. The van der Waals surface area contributed by atoms with Crippen LogP contribution in [0.25, 0.3) is 11.0 Å². The number of rotatable bonds is 2. The molecule has 0 bridgehead atoms. The molecule has 1 aliphatic rings. The van der Waals surface area contributed by atoms with E-state index in [4.69, 9.17) is 13.9 Å². The number of ketones is 1. The molecule has 24 heavy (non-hydrogen) atoms. The summed E-state index contributed by atoms with van der Waals surface area (Å²) in [6, 6.07) is 6.55. The lowest BCUT2D eigenvalue weighted by molar-refractivity contribution is 0.103. The highest BCUT2D eigenvalue weighted by molar-refractivity contribution is 9.13. The largest absolute Gasteiger partial charge is 0.507 e. The number of phenolic OH excluding ortho intramolecular Hbond substituents is 1. The molecule has 1 N–H and O–H groups in total. The molecular weight excluding hydrogens is 444 g/mol. The van der Waals surface area contributed by atoms with E-state index >= 15 is 0 Å². The van der Waals surface area contributed by atoms with Gasteiger partial charge in [0.1, 0.15) is 30.8 Å². The normalized spacial score (nSPS) is 13.2. The molecule has 2 aromatic carbocycles. The number of benzene rings is 2. The Morgan fingerprint density at radius 3 is 2.58 bits per heavy atom. The van der Waals surface area contributed by atoms with E-state index in [1.165, 1.54) is 12.3 Å². The Balaban J connectivity index is 1.82. The zero-order valence-electron chi connectivity index (χ0n) is 12.1. The van der Waals surface area contributed by atoms with Crippen LogP contribution in [0.2, 0.25) is 0 Å². The molecule has 0 spiro atoms. The molecule has 122 valence electrons. The summed E-state index contributed by atoms with van der Waals surface area (Å²) < 4.78 is 17.5. The van der Waals surface area contributed by atoms with Gasteiger partial charge in [0, 0.05) is 10.9 Å². The quantitative estimate of drug-likeness (QED) is 0.571. The fourth-order valence-corrected chi connectivity index (χ4v) is 3.41. The third kappa shape index (κ3) is 2.39. The number of phenols is 1. The van der Waals surface area contributed by atoms with Gasteiger partial charge in [-0.3, -0.25) is 4.79 Å². The maximum atomic E-state index is 12.8. The summed E-state index contributed by atoms with van der Waals surface area (Å²) in [5.74, 6) is 0.970. The SMILES string of the molecule is O=C(c1ccc2c(c1)OCCO2)c1coc2c(Br)c(Br)c(O)cc12. The van der Waals surface area contributed by atoms with Gasteiger partial charge in [-0.25, -0.2) is 0 Å². The Bertz CT molecular complexity index is 977. The van der Waals surface area contributed by atoms with Gasteiger partial charge in [-0.2, -0.15) is 0 Å². The van der Waals surface area contributed by atoms with Crippen molar-refractivity contribution < 1.29 is 23.8 Å². The zero-order chi connectivity index (χ0) is 16.8. The Morgan fingerprint density at radius 1 is 1.04 bits per heavy atom. The molecule has 0 fully saturated rings. The first-order chi connectivity index (χ1) is 11.6. The number of hydrogen-bond acceptors (Lipinski definition) is 5. The zero-order valence-corrected chi connectivity index (χ0v) is 15.3. The molecule has 4 rings (SSSR count). The molecule has 0 amide bonds. The van der Waals surface area contributed by atoms with Gasteiger partial charge in [0.05, 0.1) is 14.5 Å². The van der Waals surface area contributed by atoms with Gasteiger partial charge in [-0.05, 0) is 56.1 Å². The smallest absolute Gasteiger partial charge is 0.197 e. The Kier molecular flexibility index (Phi) is 3.77. The average Bonchev–Trinajstić information content (AvgIpc) is 3.02. The molecule has 0 saturated carbocycles. The van der Waals surface area contributed by atoms with E-state index in [-0.39, 0.29) is 11.5 Å². The number of ether oxygens (including phenoxy) is 2. The lowest BCUT2D eigenvalue weighted by Crippen LogP contribution is -2.15. The highest BCUT2D eigenvalue weighted by Gasteiger charge is 2.22.